The second-order valence-corrected chi connectivity index (χ2v) is 8.31. The number of aromatic nitrogens is 2. The monoisotopic (exact) mass is 418 g/mol. The van der Waals surface area contributed by atoms with Crippen molar-refractivity contribution in [2.45, 2.75) is 12.3 Å². The number of aromatic amines is 1. The summed E-state index contributed by atoms with van der Waals surface area (Å²) in [5.74, 6) is 1.96. The number of carbonyl (C=O) groups is 2. The molecule has 1 saturated heterocycles. The van der Waals surface area contributed by atoms with Crippen molar-refractivity contribution in [3.63, 3.8) is 0 Å². The molecule has 2 aliphatic heterocycles. The lowest BCUT2D eigenvalue weighted by Gasteiger charge is -2.35. The molecular weight excluding hydrogens is 396 g/mol. The molecule has 0 radical (unpaired) electrons. The molecule has 0 bridgehead atoms. The van der Waals surface area contributed by atoms with Crippen LogP contribution >= 0.6 is 0 Å². The van der Waals surface area contributed by atoms with Gasteiger partial charge < -0.3 is 24.3 Å². The third-order valence-electron chi connectivity index (χ3n) is 6.48. The van der Waals surface area contributed by atoms with E-state index in [1.807, 2.05) is 46.2 Å². The Hall–Kier alpha value is -3.55. The highest BCUT2D eigenvalue weighted by atomic mass is 16.7. The Balaban J connectivity index is 1.07. The fraction of sp³-hybridized carbons (Fsp3) is 0.348. The van der Waals surface area contributed by atoms with Crippen LogP contribution in [-0.4, -0.2) is 64.6 Å². The predicted octanol–water partition coefficient (Wildman–Crippen LogP) is 2.38. The summed E-state index contributed by atoms with van der Waals surface area (Å²) >= 11 is 0. The molecule has 1 aliphatic carbocycles. The standard InChI is InChI=1S/C23H22N4O4/c28-22(15-1-3-18-19(9-15)25-12-24-18)26-5-7-27(8-6-26)23(29)17-11-16(17)14-2-4-20-21(10-14)31-13-30-20/h1-4,9-10,12,16-17H,5-8,11,13H2,(H,24,25). The van der Waals surface area contributed by atoms with Crippen molar-refractivity contribution in [2.24, 2.45) is 5.92 Å². The third kappa shape index (κ3) is 3.19. The Labute approximate surface area is 178 Å². The van der Waals surface area contributed by atoms with Crippen molar-refractivity contribution >= 4 is 22.8 Å². The number of fused-ring (bicyclic) bond motifs is 2. The number of hydrogen-bond donors (Lipinski definition) is 1. The van der Waals surface area contributed by atoms with E-state index >= 15 is 0 Å². The number of benzene rings is 2. The number of carbonyl (C=O) groups excluding carboxylic acids is 2. The molecule has 8 nitrogen and oxygen atoms in total. The van der Waals surface area contributed by atoms with Crippen molar-refractivity contribution in [3.05, 3.63) is 53.9 Å². The van der Waals surface area contributed by atoms with Crippen molar-refractivity contribution < 1.29 is 19.1 Å². The summed E-state index contributed by atoms with van der Waals surface area (Å²) in [4.78, 5) is 36.8. The quantitative estimate of drug-likeness (QED) is 0.706. The van der Waals surface area contributed by atoms with Gasteiger partial charge in [0.25, 0.3) is 5.91 Å². The molecule has 8 heteroatoms. The molecule has 6 rings (SSSR count). The second kappa shape index (κ2) is 7.01. The van der Waals surface area contributed by atoms with Crippen LogP contribution in [0.25, 0.3) is 11.0 Å². The molecule has 2 unspecified atom stereocenters. The Morgan fingerprint density at radius 2 is 1.77 bits per heavy atom. The van der Waals surface area contributed by atoms with E-state index in [1.54, 1.807) is 6.33 Å². The van der Waals surface area contributed by atoms with Crippen LogP contribution in [0.4, 0.5) is 0 Å². The van der Waals surface area contributed by atoms with E-state index in [4.69, 9.17) is 9.47 Å². The molecule has 158 valence electrons. The van der Waals surface area contributed by atoms with Crippen LogP contribution in [0.5, 0.6) is 11.5 Å². The lowest BCUT2D eigenvalue weighted by molar-refractivity contribution is -0.134. The highest BCUT2D eigenvalue weighted by Gasteiger charge is 2.46. The Kier molecular flexibility index (Phi) is 4.12. The molecule has 2 aromatic carbocycles. The first-order chi connectivity index (χ1) is 15.2. The number of ether oxygens (including phenoxy) is 2. The highest BCUT2D eigenvalue weighted by Crippen LogP contribution is 2.50. The molecule has 1 aromatic heterocycles. The molecular formula is C23H22N4O4. The number of amides is 2. The average molecular weight is 418 g/mol. The van der Waals surface area contributed by atoms with Gasteiger partial charge in [-0.25, -0.2) is 4.98 Å². The summed E-state index contributed by atoms with van der Waals surface area (Å²) < 4.78 is 10.8. The second-order valence-electron chi connectivity index (χ2n) is 8.31. The molecule has 1 saturated carbocycles. The van der Waals surface area contributed by atoms with Crippen molar-refractivity contribution in [3.8, 4) is 11.5 Å². The number of rotatable bonds is 3. The summed E-state index contributed by atoms with van der Waals surface area (Å²) in [5.41, 5.74) is 3.46. The molecule has 2 fully saturated rings. The van der Waals surface area contributed by atoms with Gasteiger partial charge in [0.1, 0.15) is 0 Å². The van der Waals surface area contributed by atoms with Crippen LogP contribution in [0.2, 0.25) is 0 Å². The number of nitrogens with one attached hydrogen (secondary N) is 1. The first-order valence-electron chi connectivity index (χ1n) is 10.6. The first-order valence-corrected chi connectivity index (χ1v) is 10.6. The van der Waals surface area contributed by atoms with E-state index in [0.29, 0.717) is 31.7 Å². The summed E-state index contributed by atoms with van der Waals surface area (Å²) in [5, 5.41) is 0. The maximum Gasteiger partial charge on any atom is 0.254 e. The molecule has 2 atom stereocenters. The topological polar surface area (TPSA) is 87.8 Å². The minimum atomic E-state index is -0.00624. The maximum absolute atomic E-state index is 13.0. The highest BCUT2D eigenvalue weighted by molar-refractivity contribution is 5.97. The summed E-state index contributed by atoms with van der Waals surface area (Å²) in [6.07, 6.45) is 2.49. The first kappa shape index (κ1) is 18.2. The Morgan fingerprint density at radius 3 is 2.65 bits per heavy atom. The molecule has 3 aromatic rings. The predicted molar refractivity (Wildman–Crippen MR) is 112 cm³/mol. The third-order valence-corrected chi connectivity index (χ3v) is 6.48. The van der Waals surface area contributed by atoms with Gasteiger partial charge in [-0.05, 0) is 48.2 Å². The molecule has 31 heavy (non-hydrogen) atoms. The maximum atomic E-state index is 13.0. The van der Waals surface area contributed by atoms with Crippen molar-refractivity contribution in [2.75, 3.05) is 33.0 Å². The molecule has 1 N–H and O–H groups in total. The van der Waals surface area contributed by atoms with E-state index in [9.17, 15) is 9.59 Å². The van der Waals surface area contributed by atoms with E-state index < -0.39 is 0 Å². The van der Waals surface area contributed by atoms with Crippen LogP contribution in [0.15, 0.2) is 42.7 Å². The lowest BCUT2D eigenvalue weighted by atomic mass is 10.1. The van der Waals surface area contributed by atoms with Crippen LogP contribution < -0.4 is 9.47 Å². The van der Waals surface area contributed by atoms with Gasteiger partial charge in [-0.15, -0.1) is 0 Å². The zero-order chi connectivity index (χ0) is 20.9. The van der Waals surface area contributed by atoms with Gasteiger partial charge in [-0.1, -0.05) is 6.07 Å². The minimum Gasteiger partial charge on any atom is -0.454 e. The number of nitrogens with zero attached hydrogens (tertiary/aromatic N) is 3. The zero-order valence-electron chi connectivity index (χ0n) is 16.9. The zero-order valence-corrected chi connectivity index (χ0v) is 16.9. The Morgan fingerprint density at radius 1 is 0.968 bits per heavy atom. The SMILES string of the molecule is O=C(c1ccc2nc[nH]c2c1)N1CCN(C(=O)C2CC2c2ccc3c(c2)OCO3)CC1. The summed E-state index contributed by atoms with van der Waals surface area (Å²) in [6.45, 7) is 2.49. The Bertz CT molecular complexity index is 1180. The normalized spacial score (nSPS) is 22.1. The van der Waals surface area contributed by atoms with Crippen LogP contribution in [0.1, 0.15) is 28.3 Å². The van der Waals surface area contributed by atoms with E-state index in [1.165, 1.54) is 0 Å². The van der Waals surface area contributed by atoms with Crippen LogP contribution in [-0.2, 0) is 4.79 Å². The molecule has 2 amide bonds. The van der Waals surface area contributed by atoms with Gasteiger partial charge in [0.2, 0.25) is 12.7 Å². The summed E-state index contributed by atoms with van der Waals surface area (Å²) in [6, 6.07) is 11.4. The van der Waals surface area contributed by atoms with Crippen LogP contribution in [0, 0.1) is 5.92 Å². The fourth-order valence-electron chi connectivity index (χ4n) is 4.60. The van der Waals surface area contributed by atoms with Gasteiger partial charge >= 0.3 is 0 Å². The fourth-order valence-corrected chi connectivity index (χ4v) is 4.60. The summed E-state index contributed by atoms with van der Waals surface area (Å²) in [7, 11) is 0. The van der Waals surface area contributed by atoms with Crippen molar-refractivity contribution in [1.82, 2.24) is 19.8 Å². The van der Waals surface area contributed by atoms with Gasteiger partial charge in [-0.3, -0.25) is 9.59 Å². The van der Waals surface area contributed by atoms with E-state index in [-0.39, 0.29) is 30.4 Å². The molecule has 0 spiro atoms. The lowest BCUT2D eigenvalue weighted by Crippen LogP contribution is -2.51. The van der Waals surface area contributed by atoms with E-state index in [2.05, 4.69) is 9.97 Å². The van der Waals surface area contributed by atoms with Gasteiger partial charge in [-0.2, -0.15) is 0 Å². The molecule has 3 aliphatic rings. The van der Waals surface area contributed by atoms with Crippen molar-refractivity contribution in [1.29, 1.82) is 0 Å². The molecule has 3 heterocycles. The van der Waals surface area contributed by atoms with Gasteiger partial charge in [0.05, 0.1) is 17.4 Å². The number of hydrogen-bond acceptors (Lipinski definition) is 5. The number of H-pyrrole nitrogens is 1. The average Bonchev–Trinajstić information content (AvgIpc) is 3.23. The smallest absolute Gasteiger partial charge is 0.254 e. The van der Waals surface area contributed by atoms with Crippen LogP contribution in [0.3, 0.4) is 0 Å². The number of piperazine rings is 1. The minimum absolute atomic E-state index is 0.00624. The number of imidazole rings is 1. The largest absolute Gasteiger partial charge is 0.454 e. The van der Waals surface area contributed by atoms with Gasteiger partial charge in [0.15, 0.2) is 11.5 Å². The van der Waals surface area contributed by atoms with Gasteiger partial charge in [0, 0.05) is 37.7 Å². The van der Waals surface area contributed by atoms with E-state index in [0.717, 1.165) is 34.5 Å².